The Morgan fingerprint density at radius 1 is 0.889 bits per heavy atom. The van der Waals surface area contributed by atoms with E-state index in [9.17, 15) is 27.6 Å². The van der Waals surface area contributed by atoms with Crippen LogP contribution in [0.4, 0.5) is 24.5 Å². The van der Waals surface area contributed by atoms with Gasteiger partial charge in [0.1, 0.15) is 12.0 Å². The van der Waals surface area contributed by atoms with E-state index in [1.54, 1.807) is 19.2 Å². The minimum atomic E-state index is -4.48. The Labute approximate surface area is 205 Å². The number of nitrogens with one attached hydrogen (secondary N) is 1. The molecule has 0 bridgehead atoms. The first-order valence-corrected chi connectivity index (χ1v) is 11.4. The van der Waals surface area contributed by atoms with E-state index < -0.39 is 35.5 Å². The average Bonchev–Trinajstić information content (AvgIpc) is 3.23. The number of nitrogens with zero attached hydrogens (tertiary/aromatic N) is 2. The van der Waals surface area contributed by atoms with Crippen LogP contribution >= 0.6 is 0 Å². The molecule has 0 aliphatic carbocycles. The number of fused-ring (bicyclic) bond motifs is 3. The van der Waals surface area contributed by atoms with Gasteiger partial charge in [-0.3, -0.25) is 14.4 Å². The Bertz CT molecular complexity index is 1350. The molecular weight excluding hydrogens is 471 g/mol. The Morgan fingerprint density at radius 3 is 2.22 bits per heavy atom. The molecule has 2 aliphatic rings. The maximum absolute atomic E-state index is 13.4. The molecular formula is C27H22F3N3O3. The fraction of sp³-hybridized carbons (Fsp3) is 0.222. The number of hydrogen-bond acceptors (Lipinski definition) is 3. The first-order chi connectivity index (χ1) is 17.2. The van der Waals surface area contributed by atoms with Crippen LogP contribution in [-0.4, -0.2) is 31.3 Å². The minimum Gasteiger partial charge on any atom is -0.340 e. The van der Waals surface area contributed by atoms with E-state index in [0.29, 0.717) is 11.3 Å². The van der Waals surface area contributed by atoms with Crippen molar-refractivity contribution in [3.63, 3.8) is 0 Å². The van der Waals surface area contributed by atoms with Gasteiger partial charge in [0.25, 0.3) is 5.91 Å². The first-order valence-electron chi connectivity index (χ1n) is 11.4. The number of carbonyl (C=O) groups is 3. The highest BCUT2D eigenvalue weighted by Crippen LogP contribution is 2.40. The van der Waals surface area contributed by atoms with Crippen molar-refractivity contribution in [2.75, 3.05) is 23.4 Å². The Morgan fingerprint density at radius 2 is 1.53 bits per heavy atom. The number of amides is 3. The fourth-order valence-corrected chi connectivity index (χ4v) is 4.83. The summed E-state index contributed by atoms with van der Waals surface area (Å²) >= 11 is 0. The molecule has 2 atom stereocenters. The summed E-state index contributed by atoms with van der Waals surface area (Å²) in [5, 5.41) is 2.78. The maximum atomic E-state index is 13.4. The fourth-order valence-electron chi connectivity index (χ4n) is 4.83. The summed E-state index contributed by atoms with van der Waals surface area (Å²) in [6.07, 6.45) is -4.30. The van der Waals surface area contributed by atoms with Gasteiger partial charge in [0.15, 0.2) is 0 Å². The molecule has 2 heterocycles. The molecule has 2 aliphatic heterocycles. The molecule has 36 heavy (non-hydrogen) atoms. The Kier molecular flexibility index (Phi) is 5.78. The van der Waals surface area contributed by atoms with Crippen LogP contribution in [0.25, 0.3) is 11.1 Å². The smallest absolute Gasteiger partial charge is 0.340 e. The van der Waals surface area contributed by atoms with E-state index in [0.717, 1.165) is 23.3 Å². The van der Waals surface area contributed by atoms with Crippen molar-refractivity contribution in [3.8, 4) is 11.1 Å². The van der Waals surface area contributed by atoms with Gasteiger partial charge in [-0.15, -0.1) is 0 Å². The predicted octanol–water partition coefficient (Wildman–Crippen LogP) is 4.56. The summed E-state index contributed by atoms with van der Waals surface area (Å²) in [4.78, 5) is 42.5. The highest BCUT2D eigenvalue weighted by Gasteiger charge is 2.41. The number of para-hydroxylation sites is 1. The lowest BCUT2D eigenvalue weighted by Crippen LogP contribution is -2.44. The monoisotopic (exact) mass is 493 g/mol. The molecule has 1 saturated heterocycles. The summed E-state index contributed by atoms with van der Waals surface area (Å²) in [7, 11) is 1.64. The second-order valence-corrected chi connectivity index (χ2v) is 8.82. The van der Waals surface area contributed by atoms with E-state index in [1.807, 2.05) is 36.4 Å². The molecule has 6 nitrogen and oxygen atoms in total. The second kappa shape index (κ2) is 8.82. The van der Waals surface area contributed by atoms with E-state index >= 15 is 0 Å². The van der Waals surface area contributed by atoms with Crippen molar-refractivity contribution in [2.45, 2.75) is 18.6 Å². The highest BCUT2D eigenvalue weighted by molar-refractivity contribution is 6.12. The van der Waals surface area contributed by atoms with Crippen molar-refractivity contribution in [1.82, 2.24) is 5.32 Å². The van der Waals surface area contributed by atoms with Gasteiger partial charge in [0, 0.05) is 24.8 Å². The number of alkyl halides is 3. The van der Waals surface area contributed by atoms with Gasteiger partial charge in [0.05, 0.1) is 11.3 Å². The molecule has 0 saturated carbocycles. The number of benzene rings is 3. The van der Waals surface area contributed by atoms with Crippen LogP contribution in [0.2, 0.25) is 0 Å². The second-order valence-electron chi connectivity index (χ2n) is 8.82. The number of rotatable bonds is 3. The molecule has 3 amide bonds. The summed E-state index contributed by atoms with van der Waals surface area (Å²) in [6, 6.07) is 18.0. The normalized spacial score (nSPS) is 19.6. The lowest BCUT2D eigenvalue weighted by Gasteiger charge is -2.24. The number of halogens is 3. The maximum Gasteiger partial charge on any atom is 0.416 e. The van der Waals surface area contributed by atoms with Crippen molar-refractivity contribution >= 4 is 29.1 Å². The van der Waals surface area contributed by atoms with Crippen LogP contribution in [-0.2, 0) is 20.6 Å². The van der Waals surface area contributed by atoms with E-state index in [-0.39, 0.29) is 24.6 Å². The van der Waals surface area contributed by atoms with E-state index in [1.165, 1.54) is 21.9 Å². The topological polar surface area (TPSA) is 69.7 Å². The quantitative estimate of drug-likeness (QED) is 0.544. The van der Waals surface area contributed by atoms with Crippen LogP contribution < -0.4 is 15.1 Å². The number of carbonyl (C=O) groups excluding carboxylic acids is 3. The predicted molar refractivity (Wildman–Crippen MR) is 128 cm³/mol. The van der Waals surface area contributed by atoms with Crippen LogP contribution in [0.5, 0.6) is 0 Å². The molecule has 1 N–H and O–H groups in total. The summed E-state index contributed by atoms with van der Waals surface area (Å²) < 4.78 is 38.6. The summed E-state index contributed by atoms with van der Waals surface area (Å²) in [6.45, 7) is 0.183. The van der Waals surface area contributed by atoms with Crippen LogP contribution in [0, 0.1) is 5.92 Å². The molecule has 1 unspecified atom stereocenters. The Hall–Kier alpha value is -4.14. The van der Waals surface area contributed by atoms with Crippen LogP contribution in [0.15, 0.2) is 72.8 Å². The largest absolute Gasteiger partial charge is 0.416 e. The van der Waals surface area contributed by atoms with Gasteiger partial charge in [-0.05, 0) is 47.9 Å². The average molecular weight is 493 g/mol. The zero-order chi connectivity index (χ0) is 25.6. The van der Waals surface area contributed by atoms with Gasteiger partial charge >= 0.3 is 6.18 Å². The molecule has 3 aromatic rings. The molecule has 0 aromatic heterocycles. The van der Waals surface area contributed by atoms with Crippen molar-refractivity contribution in [2.24, 2.45) is 5.92 Å². The van der Waals surface area contributed by atoms with Crippen molar-refractivity contribution in [3.05, 3.63) is 83.9 Å². The summed E-state index contributed by atoms with van der Waals surface area (Å²) in [5.74, 6) is -2.51. The van der Waals surface area contributed by atoms with E-state index in [2.05, 4.69) is 5.32 Å². The molecule has 184 valence electrons. The molecule has 9 heteroatoms. The molecule has 5 rings (SSSR count). The number of hydrogen-bond donors (Lipinski definition) is 1. The summed E-state index contributed by atoms with van der Waals surface area (Å²) in [5.41, 5.74) is 2.46. The van der Waals surface area contributed by atoms with Crippen LogP contribution in [0.3, 0.4) is 0 Å². The molecule has 0 radical (unpaired) electrons. The standard InChI is InChI=1S/C27H22F3N3O3/c1-32-22-9-5-4-7-19(22)18-6-2-3-8-20(18)23(26(32)36)31-24(34)21-14-15-33(25(21)35)17-12-10-16(11-13-17)27(28,29)30/h2-13,21,23H,14-15H2,1H3,(H,31,34)/t21?,23-/m0/s1. The molecule has 3 aromatic carbocycles. The van der Waals surface area contributed by atoms with Gasteiger partial charge < -0.3 is 15.1 Å². The van der Waals surface area contributed by atoms with Crippen LogP contribution in [0.1, 0.15) is 23.6 Å². The SMILES string of the molecule is CN1C(=O)[C@@H](NC(=O)C2CCN(c3ccc(C(F)(F)F)cc3)C2=O)c2ccccc2-c2ccccc21. The third kappa shape index (κ3) is 4.00. The van der Waals surface area contributed by atoms with Gasteiger partial charge in [-0.25, -0.2) is 0 Å². The third-order valence-electron chi connectivity index (χ3n) is 6.72. The zero-order valence-corrected chi connectivity index (χ0v) is 19.3. The van der Waals surface area contributed by atoms with Gasteiger partial charge in [0.2, 0.25) is 11.8 Å². The van der Waals surface area contributed by atoms with Crippen molar-refractivity contribution < 1.29 is 27.6 Å². The molecule has 1 fully saturated rings. The number of likely N-dealkylation sites (N-methyl/N-ethyl adjacent to an activating group) is 1. The first kappa shape index (κ1) is 23.6. The Balaban J connectivity index is 1.39. The highest BCUT2D eigenvalue weighted by atomic mass is 19.4. The lowest BCUT2D eigenvalue weighted by atomic mass is 9.95. The van der Waals surface area contributed by atoms with Crippen molar-refractivity contribution in [1.29, 1.82) is 0 Å². The number of anilines is 2. The third-order valence-corrected chi connectivity index (χ3v) is 6.72. The van der Waals surface area contributed by atoms with Gasteiger partial charge in [-0.1, -0.05) is 42.5 Å². The zero-order valence-electron chi connectivity index (χ0n) is 19.3. The minimum absolute atomic E-state index is 0.183. The molecule has 0 spiro atoms. The lowest BCUT2D eigenvalue weighted by molar-refractivity contribution is -0.137. The van der Waals surface area contributed by atoms with E-state index in [4.69, 9.17) is 0 Å². The van der Waals surface area contributed by atoms with Gasteiger partial charge in [-0.2, -0.15) is 13.2 Å².